The lowest BCUT2D eigenvalue weighted by atomic mass is 10.0. The van der Waals surface area contributed by atoms with E-state index in [0.29, 0.717) is 12.0 Å². The van der Waals surface area contributed by atoms with Crippen LogP contribution in [0.1, 0.15) is 30.4 Å². The molecule has 0 saturated carbocycles. The minimum atomic E-state index is -0.782. The Morgan fingerprint density at radius 1 is 1.17 bits per heavy atom. The predicted octanol–water partition coefficient (Wildman–Crippen LogP) is 4.00. The predicted molar refractivity (Wildman–Crippen MR) is 88.2 cm³/mol. The van der Waals surface area contributed by atoms with Crippen molar-refractivity contribution < 1.29 is 18.7 Å². The van der Waals surface area contributed by atoms with E-state index in [4.69, 9.17) is 5.11 Å². The first kappa shape index (κ1) is 16.4. The molecule has 0 amide bonds. The zero-order valence-electron chi connectivity index (χ0n) is 13.2. The van der Waals surface area contributed by atoms with Crippen molar-refractivity contribution in [2.24, 2.45) is 0 Å². The van der Waals surface area contributed by atoms with Gasteiger partial charge in [-0.25, -0.2) is 8.78 Å². The van der Waals surface area contributed by atoms with Crippen LogP contribution in [-0.2, 0) is 11.2 Å². The number of carboxylic acid groups (broad SMARTS) is 1. The van der Waals surface area contributed by atoms with E-state index in [2.05, 4.69) is 4.90 Å². The van der Waals surface area contributed by atoms with Crippen LogP contribution in [0.5, 0.6) is 0 Å². The number of anilines is 1. The molecule has 1 heterocycles. The number of hydrogen-bond acceptors (Lipinski definition) is 2. The molecule has 3 nitrogen and oxygen atoms in total. The fraction of sp³-hybridized carbons (Fsp3) is 0.316. The van der Waals surface area contributed by atoms with Gasteiger partial charge in [0.1, 0.15) is 11.6 Å². The maximum atomic E-state index is 13.7. The first-order chi connectivity index (χ1) is 11.5. The summed E-state index contributed by atoms with van der Waals surface area (Å²) in [7, 11) is 0. The van der Waals surface area contributed by atoms with Crippen LogP contribution in [0.3, 0.4) is 0 Å². The van der Waals surface area contributed by atoms with Gasteiger partial charge in [0.15, 0.2) is 0 Å². The molecule has 5 heteroatoms. The smallest absolute Gasteiger partial charge is 0.305 e. The van der Waals surface area contributed by atoms with E-state index >= 15 is 0 Å². The molecule has 1 unspecified atom stereocenters. The summed E-state index contributed by atoms with van der Waals surface area (Å²) in [6, 6.07) is 11.3. The number of hydrogen-bond donors (Lipinski definition) is 1. The SMILES string of the molecule is O=C(O)CC1CCCN1c1ccc(Cc2ccc(F)cc2F)cc1. The molecule has 1 fully saturated rings. The van der Waals surface area contributed by atoms with Crippen LogP contribution in [0.15, 0.2) is 42.5 Å². The van der Waals surface area contributed by atoms with E-state index < -0.39 is 17.6 Å². The van der Waals surface area contributed by atoms with Gasteiger partial charge in [-0.3, -0.25) is 4.79 Å². The molecule has 0 spiro atoms. The molecule has 0 aliphatic carbocycles. The van der Waals surface area contributed by atoms with E-state index in [0.717, 1.165) is 36.7 Å². The summed E-state index contributed by atoms with van der Waals surface area (Å²) in [4.78, 5) is 13.1. The number of benzene rings is 2. The van der Waals surface area contributed by atoms with Gasteiger partial charge in [0, 0.05) is 30.8 Å². The number of rotatable bonds is 5. The molecule has 1 aliphatic heterocycles. The van der Waals surface area contributed by atoms with Crippen molar-refractivity contribution >= 4 is 11.7 Å². The Morgan fingerprint density at radius 2 is 1.92 bits per heavy atom. The Morgan fingerprint density at radius 3 is 2.58 bits per heavy atom. The van der Waals surface area contributed by atoms with E-state index in [1.807, 2.05) is 24.3 Å². The zero-order chi connectivity index (χ0) is 17.1. The molecule has 2 aromatic carbocycles. The van der Waals surface area contributed by atoms with Gasteiger partial charge in [0.25, 0.3) is 0 Å². The maximum Gasteiger partial charge on any atom is 0.305 e. The Kier molecular flexibility index (Phi) is 4.79. The normalized spacial score (nSPS) is 17.2. The molecule has 0 aromatic heterocycles. The van der Waals surface area contributed by atoms with Crippen LogP contribution in [0.4, 0.5) is 14.5 Å². The second kappa shape index (κ2) is 6.99. The lowest BCUT2D eigenvalue weighted by molar-refractivity contribution is -0.137. The highest BCUT2D eigenvalue weighted by atomic mass is 19.1. The van der Waals surface area contributed by atoms with Gasteiger partial charge >= 0.3 is 5.97 Å². The molecule has 3 rings (SSSR count). The lowest BCUT2D eigenvalue weighted by Gasteiger charge is -2.26. The quantitative estimate of drug-likeness (QED) is 0.900. The van der Waals surface area contributed by atoms with Crippen LogP contribution >= 0.6 is 0 Å². The minimum Gasteiger partial charge on any atom is -0.481 e. The van der Waals surface area contributed by atoms with Crippen molar-refractivity contribution in [3.05, 3.63) is 65.2 Å². The Bertz CT molecular complexity index is 731. The third kappa shape index (κ3) is 3.72. The Labute approximate surface area is 139 Å². The monoisotopic (exact) mass is 331 g/mol. The minimum absolute atomic E-state index is 0.0305. The maximum absolute atomic E-state index is 13.7. The van der Waals surface area contributed by atoms with Gasteiger partial charge in [0.2, 0.25) is 0 Å². The molecular weight excluding hydrogens is 312 g/mol. The van der Waals surface area contributed by atoms with Gasteiger partial charge < -0.3 is 10.0 Å². The van der Waals surface area contributed by atoms with Crippen molar-refractivity contribution in [1.82, 2.24) is 0 Å². The third-order valence-electron chi connectivity index (χ3n) is 4.47. The summed E-state index contributed by atoms with van der Waals surface area (Å²) in [6.07, 6.45) is 2.41. The Hall–Kier alpha value is -2.43. The lowest BCUT2D eigenvalue weighted by Crippen LogP contribution is -2.31. The molecule has 126 valence electrons. The highest BCUT2D eigenvalue weighted by Crippen LogP contribution is 2.28. The zero-order valence-corrected chi connectivity index (χ0v) is 13.2. The van der Waals surface area contributed by atoms with Gasteiger partial charge in [-0.05, 0) is 42.2 Å². The molecule has 0 bridgehead atoms. The first-order valence-electron chi connectivity index (χ1n) is 8.04. The summed E-state index contributed by atoms with van der Waals surface area (Å²) in [5, 5.41) is 9.00. The molecule has 2 aromatic rings. The van der Waals surface area contributed by atoms with E-state index in [-0.39, 0.29) is 12.5 Å². The van der Waals surface area contributed by atoms with Crippen LogP contribution in [0.25, 0.3) is 0 Å². The average molecular weight is 331 g/mol. The Balaban J connectivity index is 1.72. The van der Waals surface area contributed by atoms with Crippen LogP contribution in [-0.4, -0.2) is 23.7 Å². The molecule has 1 atom stereocenters. The highest BCUT2D eigenvalue weighted by molar-refractivity contribution is 5.69. The number of carboxylic acids is 1. The number of nitrogens with zero attached hydrogens (tertiary/aromatic N) is 1. The summed E-state index contributed by atoms with van der Waals surface area (Å²) >= 11 is 0. The van der Waals surface area contributed by atoms with E-state index in [9.17, 15) is 13.6 Å². The summed E-state index contributed by atoms with van der Waals surface area (Å²) in [5.74, 6) is -1.90. The summed E-state index contributed by atoms with van der Waals surface area (Å²) < 4.78 is 26.7. The standard InChI is InChI=1S/C19H19F2NO2/c20-15-6-5-14(18(21)11-15)10-13-3-7-16(8-4-13)22-9-1-2-17(22)12-19(23)24/h3-8,11,17H,1-2,9-10,12H2,(H,23,24). The largest absolute Gasteiger partial charge is 0.481 e. The van der Waals surface area contributed by atoms with Crippen molar-refractivity contribution in [2.45, 2.75) is 31.7 Å². The molecule has 0 radical (unpaired) electrons. The second-order valence-electron chi connectivity index (χ2n) is 6.17. The number of carbonyl (C=O) groups is 1. The van der Waals surface area contributed by atoms with E-state index in [1.54, 1.807) is 0 Å². The molecule has 1 saturated heterocycles. The van der Waals surface area contributed by atoms with Gasteiger partial charge in [-0.1, -0.05) is 18.2 Å². The van der Waals surface area contributed by atoms with Crippen molar-refractivity contribution in [2.75, 3.05) is 11.4 Å². The van der Waals surface area contributed by atoms with Crippen LogP contribution < -0.4 is 4.90 Å². The fourth-order valence-corrected chi connectivity index (χ4v) is 3.28. The van der Waals surface area contributed by atoms with Gasteiger partial charge in [0.05, 0.1) is 6.42 Å². The molecule has 1 N–H and O–H groups in total. The van der Waals surface area contributed by atoms with Crippen LogP contribution in [0, 0.1) is 11.6 Å². The molecule has 24 heavy (non-hydrogen) atoms. The summed E-state index contributed by atoms with van der Waals surface area (Å²) in [6.45, 7) is 0.851. The number of aliphatic carboxylic acids is 1. The average Bonchev–Trinajstić information content (AvgIpc) is 2.98. The van der Waals surface area contributed by atoms with Crippen molar-refractivity contribution in [3.63, 3.8) is 0 Å². The first-order valence-corrected chi connectivity index (χ1v) is 8.04. The highest BCUT2D eigenvalue weighted by Gasteiger charge is 2.26. The fourth-order valence-electron chi connectivity index (χ4n) is 3.28. The summed E-state index contributed by atoms with van der Waals surface area (Å²) in [5.41, 5.74) is 2.37. The second-order valence-corrected chi connectivity index (χ2v) is 6.17. The van der Waals surface area contributed by atoms with Gasteiger partial charge in [-0.15, -0.1) is 0 Å². The molecule has 1 aliphatic rings. The van der Waals surface area contributed by atoms with Crippen molar-refractivity contribution in [1.29, 1.82) is 0 Å². The number of halogens is 2. The van der Waals surface area contributed by atoms with Crippen LogP contribution in [0.2, 0.25) is 0 Å². The van der Waals surface area contributed by atoms with Crippen molar-refractivity contribution in [3.8, 4) is 0 Å². The molecular formula is C19H19F2NO2. The third-order valence-corrected chi connectivity index (χ3v) is 4.47. The van der Waals surface area contributed by atoms with Gasteiger partial charge in [-0.2, -0.15) is 0 Å². The van der Waals surface area contributed by atoms with E-state index in [1.165, 1.54) is 12.1 Å². The topological polar surface area (TPSA) is 40.5 Å².